The van der Waals surface area contributed by atoms with E-state index in [1.54, 1.807) is 0 Å². The lowest BCUT2D eigenvalue weighted by atomic mass is 10.6. The molecular formula is C6H5N3O3. The van der Waals surface area contributed by atoms with Crippen LogP contribution < -0.4 is 0 Å². The summed E-state index contributed by atoms with van der Waals surface area (Å²) in [5.74, 6) is 4.67. The van der Waals surface area contributed by atoms with E-state index in [0.717, 1.165) is 6.20 Å². The van der Waals surface area contributed by atoms with Crippen LogP contribution in [0.1, 0.15) is 5.82 Å². The summed E-state index contributed by atoms with van der Waals surface area (Å²) >= 11 is 0. The molecule has 2 N–H and O–H groups in total. The van der Waals surface area contributed by atoms with E-state index in [-0.39, 0.29) is 18.2 Å². The number of hydrogen-bond donors (Lipinski definition) is 2. The SMILES string of the molecule is O=[N+]([O-])c1cnc(C#CCO)[nH]1. The highest BCUT2D eigenvalue weighted by atomic mass is 16.6. The van der Waals surface area contributed by atoms with Crippen molar-refractivity contribution < 1.29 is 10.0 Å². The van der Waals surface area contributed by atoms with Crippen molar-refractivity contribution in [1.29, 1.82) is 0 Å². The van der Waals surface area contributed by atoms with Gasteiger partial charge in [0.25, 0.3) is 5.82 Å². The molecule has 0 bridgehead atoms. The van der Waals surface area contributed by atoms with Gasteiger partial charge in [-0.1, -0.05) is 5.92 Å². The lowest BCUT2D eigenvalue weighted by molar-refractivity contribution is -0.389. The zero-order valence-electron chi connectivity index (χ0n) is 5.94. The number of nitrogens with zero attached hydrogens (tertiary/aromatic N) is 2. The molecule has 0 unspecified atom stereocenters. The number of nitro groups is 1. The predicted molar refractivity (Wildman–Crippen MR) is 39.2 cm³/mol. The highest BCUT2D eigenvalue weighted by molar-refractivity contribution is 5.27. The first-order valence-electron chi connectivity index (χ1n) is 3.03. The second kappa shape index (κ2) is 3.50. The monoisotopic (exact) mass is 167 g/mol. The first-order chi connectivity index (χ1) is 5.74. The maximum atomic E-state index is 10.1. The maximum absolute atomic E-state index is 10.1. The number of H-pyrrole nitrogens is 1. The Labute approximate surface area is 67.4 Å². The van der Waals surface area contributed by atoms with Crippen molar-refractivity contribution >= 4 is 5.82 Å². The molecule has 0 saturated carbocycles. The summed E-state index contributed by atoms with van der Waals surface area (Å²) in [5.41, 5.74) is 0. The number of imidazole rings is 1. The Kier molecular flexibility index (Phi) is 2.40. The number of nitrogens with one attached hydrogen (secondary N) is 1. The van der Waals surface area contributed by atoms with Crippen molar-refractivity contribution in [2.24, 2.45) is 0 Å². The Morgan fingerprint density at radius 2 is 2.58 bits per heavy atom. The van der Waals surface area contributed by atoms with Gasteiger partial charge in [-0.15, -0.1) is 0 Å². The average Bonchev–Trinajstić information content (AvgIpc) is 2.48. The maximum Gasteiger partial charge on any atom is 0.341 e. The number of aromatic nitrogens is 2. The number of aliphatic hydroxyl groups is 1. The molecule has 6 heteroatoms. The topological polar surface area (TPSA) is 92.1 Å². The van der Waals surface area contributed by atoms with Gasteiger partial charge >= 0.3 is 5.82 Å². The van der Waals surface area contributed by atoms with Crippen LogP contribution in [-0.4, -0.2) is 26.6 Å². The van der Waals surface area contributed by atoms with Gasteiger partial charge in [-0.05, 0) is 10.8 Å². The lowest BCUT2D eigenvalue weighted by Crippen LogP contribution is -1.87. The minimum Gasteiger partial charge on any atom is -0.384 e. The van der Waals surface area contributed by atoms with Crippen molar-refractivity contribution in [2.75, 3.05) is 6.61 Å². The van der Waals surface area contributed by atoms with E-state index >= 15 is 0 Å². The molecule has 1 aromatic heterocycles. The van der Waals surface area contributed by atoms with Crippen LogP contribution in [0, 0.1) is 22.0 Å². The van der Waals surface area contributed by atoms with Crippen LogP contribution in [0.4, 0.5) is 5.82 Å². The molecule has 1 aromatic rings. The third kappa shape index (κ3) is 1.81. The molecule has 0 saturated heterocycles. The molecule has 6 nitrogen and oxygen atoms in total. The molecule has 0 radical (unpaired) electrons. The summed E-state index contributed by atoms with van der Waals surface area (Å²) in [6, 6.07) is 0. The Morgan fingerprint density at radius 3 is 3.08 bits per heavy atom. The molecule has 0 aromatic carbocycles. The summed E-state index contributed by atoms with van der Waals surface area (Å²) in [4.78, 5) is 15.5. The molecule has 12 heavy (non-hydrogen) atoms. The van der Waals surface area contributed by atoms with Crippen LogP contribution in [0.5, 0.6) is 0 Å². The van der Waals surface area contributed by atoms with Crippen LogP contribution in [0.2, 0.25) is 0 Å². The van der Waals surface area contributed by atoms with Crippen LogP contribution in [-0.2, 0) is 0 Å². The molecule has 1 rings (SSSR count). The number of aliphatic hydroxyl groups excluding tert-OH is 1. The van der Waals surface area contributed by atoms with Crippen LogP contribution in [0.15, 0.2) is 6.20 Å². The van der Waals surface area contributed by atoms with Crippen LogP contribution in [0.25, 0.3) is 0 Å². The average molecular weight is 167 g/mol. The minimum absolute atomic E-state index is 0.177. The number of aromatic amines is 1. The molecule has 0 spiro atoms. The molecule has 1 heterocycles. The summed E-state index contributed by atoms with van der Waals surface area (Å²) in [6.07, 6.45) is 1.07. The van der Waals surface area contributed by atoms with E-state index in [4.69, 9.17) is 5.11 Å². The van der Waals surface area contributed by atoms with Gasteiger partial charge in [0.05, 0.1) is 0 Å². The predicted octanol–water partition coefficient (Wildman–Crippen LogP) is -0.338. The largest absolute Gasteiger partial charge is 0.384 e. The molecule has 0 aliphatic carbocycles. The lowest BCUT2D eigenvalue weighted by Gasteiger charge is -1.83. The van der Waals surface area contributed by atoms with Crippen LogP contribution >= 0.6 is 0 Å². The van der Waals surface area contributed by atoms with Gasteiger partial charge in [-0.25, -0.2) is 9.97 Å². The van der Waals surface area contributed by atoms with Gasteiger partial charge in [0, 0.05) is 0 Å². The van der Waals surface area contributed by atoms with Crippen molar-refractivity contribution in [3.63, 3.8) is 0 Å². The summed E-state index contributed by atoms with van der Waals surface area (Å²) in [5, 5.41) is 18.4. The van der Waals surface area contributed by atoms with E-state index < -0.39 is 4.92 Å². The van der Waals surface area contributed by atoms with Crippen molar-refractivity contribution in [2.45, 2.75) is 0 Å². The molecule has 0 amide bonds. The zero-order valence-corrected chi connectivity index (χ0v) is 5.94. The normalized spacial score (nSPS) is 8.75. The van der Waals surface area contributed by atoms with E-state index in [9.17, 15) is 10.1 Å². The first-order valence-corrected chi connectivity index (χ1v) is 3.03. The van der Waals surface area contributed by atoms with E-state index in [0.29, 0.717) is 0 Å². The Hall–Kier alpha value is -1.87. The number of hydrogen-bond acceptors (Lipinski definition) is 4. The third-order valence-electron chi connectivity index (χ3n) is 1.04. The Morgan fingerprint density at radius 1 is 1.83 bits per heavy atom. The van der Waals surface area contributed by atoms with Crippen LogP contribution in [0.3, 0.4) is 0 Å². The fourth-order valence-corrected chi connectivity index (χ4v) is 0.591. The van der Waals surface area contributed by atoms with Crippen molar-refractivity contribution in [3.8, 4) is 11.8 Å². The van der Waals surface area contributed by atoms with E-state index in [1.165, 1.54) is 0 Å². The van der Waals surface area contributed by atoms with Gasteiger partial charge in [0.1, 0.15) is 12.8 Å². The molecule has 0 aliphatic heterocycles. The highest BCUT2D eigenvalue weighted by Crippen LogP contribution is 2.04. The molecule has 0 fully saturated rings. The standard InChI is InChI=1S/C6H5N3O3/c10-3-1-2-5-7-4-6(8-5)9(11)12/h4,10H,3H2,(H,7,8). The number of rotatable bonds is 1. The van der Waals surface area contributed by atoms with Crippen molar-refractivity contribution in [1.82, 2.24) is 9.97 Å². The van der Waals surface area contributed by atoms with E-state index in [1.807, 2.05) is 0 Å². The van der Waals surface area contributed by atoms with Gasteiger partial charge < -0.3 is 15.2 Å². The molecule has 0 aliphatic rings. The van der Waals surface area contributed by atoms with Gasteiger partial charge in [-0.3, -0.25) is 0 Å². The Balaban J connectivity index is 2.84. The van der Waals surface area contributed by atoms with Gasteiger partial charge in [0.15, 0.2) is 0 Å². The molecular weight excluding hydrogens is 162 g/mol. The highest BCUT2D eigenvalue weighted by Gasteiger charge is 2.06. The molecule has 0 atom stereocenters. The quantitative estimate of drug-likeness (QED) is 0.340. The molecule has 62 valence electrons. The van der Waals surface area contributed by atoms with Gasteiger partial charge in [0.2, 0.25) is 0 Å². The second-order valence-corrected chi connectivity index (χ2v) is 1.83. The summed E-state index contributed by atoms with van der Waals surface area (Å²) in [7, 11) is 0. The fourth-order valence-electron chi connectivity index (χ4n) is 0.591. The van der Waals surface area contributed by atoms with Gasteiger partial charge in [-0.2, -0.15) is 0 Å². The Bertz CT molecular complexity index is 346. The third-order valence-corrected chi connectivity index (χ3v) is 1.04. The summed E-state index contributed by atoms with van der Waals surface area (Å²) in [6.45, 7) is -0.297. The second-order valence-electron chi connectivity index (χ2n) is 1.83. The summed E-state index contributed by atoms with van der Waals surface area (Å²) < 4.78 is 0. The minimum atomic E-state index is -0.600. The van der Waals surface area contributed by atoms with E-state index in [2.05, 4.69) is 21.8 Å². The fraction of sp³-hybridized carbons (Fsp3) is 0.167. The smallest absolute Gasteiger partial charge is 0.341 e. The zero-order chi connectivity index (χ0) is 8.97. The van der Waals surface area contributed by atoms with Crippen molar-refractivity contribution in [3.05, 3.63) is 22.1 Å². The first kappa shape index (κ1) is 8.23.